The van der Waals surface area contributed by atoms with Crippen LogP contribution < -0.4 is 14.8 Å². The van der Waals surface area contributed by atoms with E-state index in [0.717, 1.165) is 36.1 Å². The van der Waals surface area contributed by atoms with Gasteiger partial charge in [-0.1, -0.05) is 56.2 Å². The summed E-state index contributed by atoms with van der Waals surface area (Å²) in [4.78, 5) is 12.2. The molecular formula is C23H29NO3. The highest BCUT2D eigenvalue weighted by Crippen LogP contribution is 2.28. The Morgan fingerprint density at radius 3 is 2.59 bits per heavy atom. The second-order valence-corrected chi connectivity index (χ2v) is 6.44. The third-order valence-electron chi connectivity index (χ3n) is 4.28. The van der Waals surface area contributed by atoms with Crippen molar-refractivity contribution < 1.29 is 14.3 Å². The number of benzene rings is 2. The SMILES string of the molecule is CCCCCOc1ccc(C=CC(=O)NC(C)c2ccccc2)cc1OC. The molecule has 0 aliphatic rings. The van der Waals surface area contributed by atoms with Crippen molar-refractivity contribution in [2.45, 2.75) is 39.2 Å². The van der Waals surface area contributed by atoms with Gasteiger partial charge in [0.2, 0.25) is 5.91 Å². The molecule has 2 aromatic carbocycles. The van der Waals surface area contributed by atoms with Gasteiger partial charge in [0.05, 0.1) is 19.8 Å². The zero-order valence-corrected chi connectivity index (χ0v) is 16.4. The minimum absolute atomic E-state index is 0.0446. The molecule has 1 amide bonds. The molecule has 0 aliphatic heterocycles. The summed E-state index contributed by atoms with van der Waals surface area (Å²) < 4.78 is 11.2. The summed E-state index contributed by atoms with van der Waals surface area (Å²) in [5, 5.41) is 2.96. The van der Waals surface area contributed by atoms with E-state index in [9.17, 15) is 4.79 Å². The first-order chi connectivity index (χ1) is 13.1. The fraction of sp³-hybridized carbons (Fsp3) is 0.348. The molecule has 0 saturated carbocycles. The van der Waals surface area contributed by atoms with E-state index in [4.69, 9.17) is 9.47 Å². The Labute approximate surface area is 162 Å². The van der Waals surface area contributed by atoms with Crippen LogP contribution in [-0.4, -0.2) is 19.6 Å². The molecule has 0 aromatic heterocycles. The number of carbonyl (C=O) groups excluding carboxylic acids is 1. The van der Waals surface area contributed by atoms with Crippen LogP contribution in [0, 0.1) is 0 Å². The molecule has 0 spiro atoms. The molecule has 27 heavy (non-hydrogen) atoms. The van der Waals surface area contributed by atoms with Crippen LogP contribution in [0.3, 0.4) is 0 Å². The largest absolute Gasteiger partial charge is 0.493 e. The fourth-order valence-electron chi connectivity index (χ4n) is 2.70. The number of rotatable bonds is 10. The molecule has 1 unspecified atom stereocenters. The maximum absolute atomic E-state index is 12.2. The summed E-state index contributed by atoms with van der Waals surface area (Å²) in [5.41, 5.74) is 1.96. The number of amides is 1. The number of nitrogens with one attached hydrogen (secondary N) is 1. The lowest BCUT2D eigenvalue weighted by molar-refractivity contribution is -0.117. The third kappa shape index (κ3) is 6.81. The molecule has 0 bridgehead atoms. The number of methoxy groups -OCH3 is 1. The van der Waals surface area contributed by atoms with Crippen molar-refractivity contribution in [1.82, 2.24) is 5.32 Å². The number of unbranched alkanes of at least 4 members (excludes halogenated alkanes) is 2. The van der Waals surface area contributed by atoms with Crippen LogP contribution >= 0.6 is 0 Å². The maximum Gasteiger partial charge on any atom is 0.244 e. The van der Waals surface area contributed by atoms with Crippen molar-refractivity contribution in [1.29, 1.82) is 0 Å². The molecule has 2 aromatic rings. The van der Waals surface area contributed by atoms with Gasteiger partial charge in [0.15, 0.2) is 11.5 Å². The van der Waals surface area contributed by atoms with Crippen molar-refractivity contribution in [3.8, 4) is 11.5 Å². The van der Waals surface area contributed by atoms with Gasteiger partial charge in [0, 0.05) is 6.08 Å². The molecule has 0 radical (unpaired) electrons. The van der Waals surface area contributed by atoms with Gasteiger partial charge in [-0.2, -0.15) is 0 Å². The van der Waals surface area contributed by atoms with Gasteiger partial charge >= 0.3 is 0 Å². The molecule has 2 rings (SSSR count). The van der Waals surface area contributed by atoms with Crippen molar-refractivity contribution in [2.24, 2.45) is 0 Å². The normalized spacial score (nSPS) is 12.0. The van der Waals surface area contributed by atoms with Gasteiger partial charge in [-0.3, -0.25) is 4.79 Å². The third-order valence-corrected chi connectivity index (χ3v) is 4.28. The highest BCUT2D eigenvalue weighted by atomic mass is 16.5. The lowest BCUT2D eigenvalue weighted by atomic mass is 10.1. The van der Waals surface area contributed by atoms with E-state index in [2.05, 4.69) is 12.2 Å². The number of hydrogen-bond acceptors (Lipinski definition) is 3. The van der Waals surface area contributed by atoms with Crippen molar-refractivity contribution in [3.63, 3.8) is 0 Å². The molecule has 0 heterocycles. The van der Waals surface area contributed by atoms with Gasteiger partial charge in [0.25, 0.3) is 0 Å². The Morgan fingerprint density at radius 1 is 1.11 bits per heavy atom. The van der Waals surface area contributed by atoms with E-state index >= 15 is 0 Å². The highest BCUT2D eigenvalue weighted by molar-refractivity contribution is 5.92. The summed E-state index contributed by atoms with van der Waals surface area (Å²) in [5.74, 6) is 1.27. The van der Waals surface area contributed by atoms with E-state index in [1.54, 1.807) is 13.2 Å². The average molecular weight is 367 g/mol. The van der Waals surface area contributed by atoms with Gasteiger partial charge in [-0.05, 0) is 42.7 Å². The Kier molecular flexibility index (Phi) is 8.43. The molecule has 1 N–H and O–H groups in total. The Hall–Kier alpha value is -2.75. The van der Waals surface area contributed by atoms with Crippen LogP contribution in [0.1, 0.15) is 50.3 Å². The zero-order chi connectivity index (χ0) is 19.5. The second kappa shape index (κ2) is 11.1. The van der Waals surface area contributed by atoms with Gasteiger partial charge in [-0.25, -0.2) is 0 Å². The molecule has 0 aliphatic carbocycles. The Balaban J connectivity index is 1.94. The molecule has 4 nitrogen and oxygen atoms in total. The second-order valence-electron chi connectivity index (χ2n) is 6.44. The van der Waals surface area contributed by atoms with Crippen molar-refractivity contribution in [2.75, 3.05) is 13.7 Å². The highest BCUT2D eigenvalue weighted by Gasteiger charge is 2.07. The smallest absolute Gasteiger partial charge is 0.244 e. The van der Waals surface area contributed by atoms with Crippen LogP contribution in [0.15, 0.2) is 54.6 Å². The molecule has 0 saturated heterocycles. The topological polar surface area (TPSA) is 47.6 Å². The summed E-state index contributed by atoms with van der Waals surface area (Å²) in [6, 6.07) is 15.5. The maximum atomic E-state index is 12.2. The number of hydrogen-bond donors (Lipinski definition) is 1. The van der Waals surface area contributed by atoms with E-state index in [1.807, 2.05) is 55.5 Å². The van der Waals surface area contributed by atoms with Crippen LogP contribution in [-0.2, 0) is 4.79 Å². The van der Waals surface area contributed by atoms with Gasteiger partial charge < -0.3 is 14.8 Å². The lowest BCUT2D eigenvalue weighted by Crippen LogP contribution is -2.24. The summed E-state index contributed by atoms with van der Waals surface area (Å²) >= 11 is 0. The average Bonchev–Trinajstić information content (AvgIpc) is 2.70. The molecule has 144 valence electrons. The minimum Gasteiger partial charge on any atom is -0.493 e. The van der Waals surface area contributed by atoms with E-state index in [1.165, 1.54) is 6.08 Å². The first-order valence-electron chi connectivity index (χ1n) is 9.48. The number of ether oxygens (including phenoxy) is 2. The zero-order valence-electron chi connectivity index (χ0n) is 16.4. The standard InChI is InChI=1S/C23H29NO3/c1-4-5-9-16-27-21-14-12-19(17-22(21)26-3)13-15-23(25)24-18(2)20-10-7-6-8-11-20/h6-8,10-15,17-18H,4-5,9,16H2,1-3H3,(H,24,25). The van der Waals surface area contributed by atoms with Gasteiger partial charge in [0.1, 0.15) is 0 Å². The first-order valence-corrected chi connectivity index (χ1v) is 9.48. The predicted molar refractivity (Wildman–Crippen MR) is 110 cm³/mol. The summed E-state index contributed by atoms with van der Waals surface area (Å²) in [6.45, 7) is 4.81. The summed E-state index contributed by atoms with van der Waals surface area (Å²) in [7, 11) is 1.62. The minimum atomic E-state index is -0.134. The van der Waals surface area contributed by atoms with E-state index < -0.39 is 0 Å². The first kappa shape index (κ1) is 20.6. The predicted octanol–water partition coefficient (Wildman–Crippen LogP) is 5.15. The fourth-order valence-corrected chi connectivity index (χ4v) is 2.70. The molecular weight excluding hydrogens is 338 g/mol. The lowest BCUT2D eigenvalue weighted by Gasteiger charge is -2.13. The Bertz CT molecular complexity index is 741. The number of carbonyl (C=O) groups is 1. The van der Waals surface area contributed by atoms with Crippen LogP contribution in [0.4, 0.5) is 0 Å². The van der Waals surface area contributed by atoms with Crippen LogP contribution in [0.5, 0.6) is 11.5 Å². The summed E-state index contributed by atoms with van der Waals surface area (Å²) in [6.07, 6.45) is 6.66. The van der Waals surface area contributed by atoms with E-state index in [-0.39, 0.29) is 11.9 Å². The van der Waals surface area contributed by atoms with Crippen LogP contribution in [0.25, 0.3) is 6.08 Å². The van der Waals surface area contributed by atoms with Crippen molar-refractivity contribution in [3.05, 3.63) is 65.7 Å². The molecule has 1 atom stereocenters. The van der Waals surface area contributed by atoms with Crippen molar-refractivity contribution >= 4 is 12.0 Å². The quantitative estimate of drug-likeness (QED) is 0.466. The van der Waals surface area contributed by atoms with Gasteiger partial charge in [-0.15, -0.1) is 0 Å². The van der Waals surface area contributed by atoms with Crippen LogP contribution in [0.2, 0.25) is 0 Å². The molecule has 4 heteroatoms. The Morgan fingerprint density at radius 2 is 1.89 bits per heavy atom. The van der Waals surface area contributed by atoms with E-state index in [0.29, 0.717) is 12.4 Å². The molecule has 0 fully saturated rings. The monoisotopic (exact) mass is 367 g/mol.